The minimum Gasteiger partial charge on any atom is -0.485 e. The minimum atomic E-state index is -0.927. The maximum atomic E-state index is 15.1. The molecule has 1 N–H and O–H groups in total. The normalized spacial score (nSPS) is 16.1. The van der Waals surface area contributed by atoms with Gasteiger partial charge in [-0.2, -0.15) is 0 Å². The standard InChI is InChI=1S/C28H30FN5O3/c1-17-20(8-10-24-27(17)31-32-33(24)4)21(13-26(35)36)18-7-9-22(29)19(12-18)14-34-15-23-25(6-5-11-30-23)37-28(2,3)16-34/h5-12,21H,13-16H2,1-4H3,(H,35,36)/t21-/m1/s1. The third-order valence-corrected chi connectivity index (χ3v) is 6.91. The lowest BCUT2D eigenvalue weighted by molar-refractivity contribution is -0.137. The molecule has 5 rings (SSSR count). The second-order valence-corrected chi connectivity index (χ2v) is 10.3. The first-order valence-corrected chi connectivity index (χ1v) is 12.3. The zero-order chi connectivity index (χ0) is 26.3. The number of halogens is 1. The lowest BCUT2D eigenvalue weighted by atomic mass is 9.85. The number of nitrogens with zero attached hydrogens (tertiary/aromatic N) is 5. The number of rotatable bonds is 6. The summed E-state index contributed by atoms with van der Waals surface area (Å²) in [4.78, 5) is 18.5. The molecule has 0 bridgehead atoms. The van der Waals surface area contributed by atoms with Crippen molar-refractivity contribution in [3.8, 4) is 5.75 Å². The fraction of sp³-hybridized carbons (Fsp3) is 0.357. The van der Waals surface area contributed by atoms with E-state index in [0.29, 0.717) is 25.2 Å². The smallest absolute Gasteiger partial charge is 0.304 e. The summed E-state index contributed by atoms with van der Waals surface area (Å²) in [5.74, 6) is -0.984. The molecule has 4 aromatic rings. The van der Waals surface area contributed by atoms with Gasteiger partial charge in [-0.05, 0) is 61.7 Å². The van der Waals surface area contributed by atoms with Crippen LogP contribution in [0.15, 0.2) is 48.7 Å². The molecule has 0 radical (unpaired) electrons. The van der Waals surface area contributed by atoms with Gasteiger partial charge in [0.15, 0.2) is 0 Å². The van der Waals surface area contributed by atoms with Crippen LogP contribution in [0.1, 0.15) is 54.1 Å². The van der Waals surface area contributed by atoms with E-state index in [-0.39, 0.29) is 12.2 Å². The number of aliphatic carboxylic acids is 1. The molecule has 1 aliphatic rings. The maximum Gasteiger partial charge on any atom is 0.304 e. The van der Waals surface area contributed by atoms with Gasteiger partial charge in [0.1, 0.15) is 22.7 Å². The second-order valence-electron chi connectivity index (χ2n) is 10.3. The molecular weight excluding hydrogens is 473 g/mol. The van der Waals surface area contributed by atoms with E-state index in [4.69, 9.17) is 4.74 Å². The SMILES string of the molecule is Cc1c([C@H](CC(=O)O)c2ccc(F)c(CN3Cc4ncccc4OC(C)(C)C3)c2)ccc2c1nnn2C. The number of carboxylic acid groups (broad SMARTS) is 1. The van der Waals surface area contributed by atoms with Gasteiger partial charge in [-0.1, -0.05) is 23.4 Å². The van der Waals surface area contributed by atoms with Crippen LogP contribution < -0.4 is 4.74 Å². The number of aromatic nitrogens is 4. The van der Waals surface area contributed by atoms with Crippen LogP contribution in [-0.4, -0.2) is 48.1 Å². The van der Waals surface area contributed by atoms with Gasteiger partial charge < -0.3 is 9.84 Å². The van der Waals surface area contributed by atoms with Gasteiger partial charge in [-0.25, -0.2) is 9.07 Å². The van der Waals surface area contributed by atoms with E-state index >= 15 is 4.39 Å². The molecule has 192 valence electrons. The van der Waals surface area contributed by atoms with Crippen LogP contribution in [0.2, 0.25) is 0 Å². The van der Waals surface area contributed by atoms with Gasteiger partial charge in [-0.3, -0.25) is 14.7 Å². The van der Waals surface area contributed by atoms with Crippen molar-refractivity contribution in [2.45, 2.75) is 51.8 Å². The Labute approximate surface area is 214 Å². The highest BCUT2D eigenvalue weighted by Crippen LogP contribution is 2.35. The molecule has 0 fully saturated rings. The van der Waals surface area contributed by atoms with E-state index in [1.54, 1.807) is 23.0 Å². The Morgan fingerprint density at radius 3 is 2.84 bits per heavy atom. The monoisotopic (exact) mass is 503 g/mol. The third kappa shape index (κ3) is 5.04. The number of hydrogen-bond donors (Lipinski definition) is 1. The fourth-order valence-electron chi connectivity index (χ4n) is 5.26. The van der Waals surface area contributed by atoms with Crippen molar-refractivity contribution in [1.29, 1.82) is 0 Å². The molecule has 1 atom stereocenters. The van der Waals surface area contributed by atoms with E-state index < -0.39 is 17.5 Å². The predicted molar refractivity (Wildman–Crippen MR) is 137 cm³/mol. The molecular formula is C28H30FN5O3. The van der Waals surface area contributed by atoms with Crippen molar-refractivity contribution < 1.29 is 19.0 Å². The zero-order valence-corrected chi connectivity index (χ0v) is 21.4. The van der Waals surface area contributed by atoms with E-state index in [0.717, 1.165) is 39.2 Å². The number of benzene rings is 2. The highest BCUT2D eigenvalue weighted by molar-refractivity contribution is 5.80. The summed E-state index contributed by atoms with van der Waals surface area (Å²) in [6, 6.07) is 12.5. The molecule has 0 saturated carbocycles. The highest BCUT2D eigenvalue weighted by atomic mass is 19.1. The Balaban J connectivity index is 1.51. The van der Waals surface area contributed by atoms with Crippen LogP contribution in [0.25, 0.3) is 11.0 Å². The molecule has 37 heavy (non-hydrogen) atoms. The average Bonchev–Trinajstić information content (AvgIpc) is 3.15. The van der Waals surface area contributed by atoms with Crippen LogP contribution in [0.3, 0.4) is 0 Å². The summed E-state index contributed by atoms with van der Waals surface area (Å²) in [5, 5.41) is 18.1. The Hall–Kier alpha value is -3.85. The lowest BCUT2D eigenvalue weighted by Gasteiger charge is -2.29. The van der Waals surface area contributed by atoms with Gasteiger partial charge in [0.25, 0.3) is 0 Å². The molecule has 0 saturated heterocycles. The summed E-state index contributed by atoms with van der Waals surface area (Å²) in [6.45, 7) is 7.37. The van der Waals surface area contributed by atoms with E-state index in [1.807, 2.05) is 52.1 Å². The summed E-state index contributed by atoms with van der Waals surface area (Å²) >= 11 is 0. The first-order valence-electron chi connectivity index (χ1n) is 12.3. The third-order valence-electron chi connectivity index (χ3n) is 6.91. The number of hydrogen-bond acceptors (Lipinski definition) is 6. The summed E-state index contributed by atoms with van der Waals surface area (Å²) in [7, 11) is 1.82. The number of fused-ring (bicyclic) bond motifs is 2. The van der Waals surface area contributed by atoms with Crippen molar-refractivity contribution in [3.05, 3.63) is 82.4 Å². The number of pyridine rings is 1. The zero-order valence-electron chi connectivity index (χ0n) is 21.4. The largest absolute Gasteiger partial charge is 0.485 e. The molecule has 3 heterocycles. The van der Waals surface area contributed by atoms with Crippen LogP contribution in [0, 0.1) is 12.7 Å². The van der Waals surface area contributed by atoms with Crippen molar-refractivity contribution in [3.63, 3.8) is 0 Å². The van der Waals surface area contributed by atoms with Crippen LogP contribution in [0.4, 0.5) is 4.39 Å². The van der Waals surface area contributed by atoms with E-state index in [9.17, 15) is 9.90 Å². The molecule has 9 heteroatoms. The number of carbonyl (C=O) groups is 1. The second kappa shape index (κ2) is 9.55. The summed E-state index contributed by atoms with van der Waals surface area (Å²) in [5.41, 5.74) is 4.88. The maximum absolute atomic E-state index is 15.1. The van der Waals surface area contributed by atoms with Gasteiger partial charge in [0.2, 0.25) is 0 Å². The molecule has 2 aromatic heterocycles. The van der Waals surface area contributed by atoms with Gasteiger partial charge >= 0.3 is 5.97 Å². The van der Waals surface area contributed by atoms with E-state index in [1.165, 1.54) is 6.07 Å². The molecule has 0 spiro atoms. The molecule has 0 unspecified atom stereocenters. The van der Waals surface area contributed by atoms with Crippen LogP contribution in [-0.2, 0) is 24.9 Å². The van der Waals surface area contributed by atoms with Gasteiger partial charge in [0, 0.05) is 44.4 Å². The van der Waals surface area contributed by atoms with E-state index in [2.05, 4.69) is 20.2 Å². The summed E-state index contributed by atoms with van der Waals surface area (Å²) in [6.07, 6.45) is 1.60. The Bertz CT molecular complexity index is 1480. The van der Waals surface area contributed by atoms with Crippen molar-refractivity contribution in [2.24, 2.45) is 7.05 Å². The highest BCUT2D eigenvalue weighted by Gasteiger charge is 2.30. The number of aryl methyl sites for hydroxylation is 2. The average molecular weight is 504 g/mol. The number of ether oxygens (including phenoxy) is 1. The molecule has 2 aromatic carbocycles. The van der Waals surface area contributed by atoms with Crippen LogP contribution in [0.5, 0.6) is 5.75 Å². The Morgan fingerprint density at radius 1 is 1.24 bits per heavy atom. The summed E-state index contributed by atoms with van der Waals surface area (Å²) < 4.78 is 23.0. The van der Waals surface area contributed by atoms with Gasteiger partial charge in [0.05, 0.1) is 17.6 Å². The van der Waals surface area contributed by atoms with Gasteiger partial charge in [-0.15, -0.1) is 5.10 Å². The quantitative estimate of drug-likeness (QED) is 0.411. The first-order chi connectivity index (χ1) is 17.6. The lowest BCUT2D eigenvalue weighted by Crippen LogP contribution is -2.40. The minimum absolute atomic E-state index is 0.125. The molecule has 1 aliphatic heterocycles. The number of carboxylic acids is 1. The van der Waals surface area contributed by atoms with Crippen LogP contribution >= 0.6 is 0 Å². The first kappa shape index (κ1) is 24.8. The predicted octanol–water partition coefficient (Wildman–Crippen LogP) is 4.59. The molecule has 0 aliphatic carbocycles. The van der Waals surface area contributed by atoms with Crippen molar-refractivity contribution >= 4 is 17.0 Å². The van der Waals surface area contributed by atoms with Crippen molar-refractivity contribution in [1.82, 2.24) is 24.9 Å². The topological polar surface area (TPSA) is 93.4 Å². The molecule has 8 nitrogen and oxygen atoms in total. The molecule has 0 amide bonds. The van der Waals surface area contributed by atoms with Crippen molar-refractivity contribution in [2.75, 3.05) is 6.54 Å². The fourth-order valence-corrected chi connectivity index (χ4v) is 5.26. The Kier molecular flexibility index (Phi) is 6.41. The Morgan fingerprint density at radius 2 is 2.05 bits per heavy atom.